The molecule has 0 aliphatic carbocycles. The smallest absolute Gasteiger partial charge is 0.473 e. The molecule has 0 atom stereocenters. The maximum Gasteiger partial charge on any atom is 0.631 e. The van der Waals surface area contributed by atoms with Crippen LogP contribution in [0.1, 0.15) is 0 Å². The number of aliphatic carboxylic acids is 2. The first kappa shape index (κ1) is 16.8. The summed E-state index contributed by atoms with van der Waals surface area (Å²) < 4.78 is 0. The molecule has 0 aromatic rings. The SMILES string of the molecule is O=C(O)C(=O)O.OB(O)O.[Li]. The molecule has 0 rings (SSSR count). The number of carbonyl (C=O) groups is 2. The van der Waals surface area contributed by atoms with Gasteiger partial charge in [-0.15, -0.1) is 0 Å². The summed E-state index contributed by atoms with van der Waals surface area (Å²) in [4.78, 5) is 18.2. The zero-order valence-electron chi connectivity index (χ0n) is 5.63. The van der Waals surface area contributed by atoms with E-state index in [1.54, 1.807) is 0 Å². The average Bonchev–Trinajstić information content (AvgIpc) is 1.63. The molecule has 7 nitrogen and oxygen atoms in total. The topological polar surface area (TPSA) is 135 Å². The number of hydrogen-bond acceptors (Lipinski definition) is 5. The second-order valence-corrected chi connectivity index (χ2v) is 0.957. The molecule has 11 heavy (non-hydrogen) atoms. The van der Waals surface area contributed by atoms with Crippen LogP contribution in [0.4, 0.5) is 0 Å². The van der Waals surface area contributed by atoms with Crippen molar-refractivity contribution in [1.82, 2.24) is 0 Å². The van der Waals surface area contributed by atoms with Crippen LogP contribution in [0, 0.1) is 0 Å². The van der Waals surface area contributed by atoms with Crippen molar-refractivity contribution in [2.75, 3.05) is 0 Å². The Morgan fingerprint density at radius 1 is 0.909 bits per heavy atom. The second kappa shape index (κ2) is 9.48. The van der Waals surface area contributed by atoms with Crippen LogP contribution < -0.4 is 0 Å². The van der Waals surface area contributed by atoms with Gasteiger partial charge >= 0.3 is 19.3 Å². The van der Waals surface area contributed by atoms with Gasteiger partial charge in [0.15, 0.2) is 0 Å². The molecule has 0 saturated heterocycles. The monoisotopic (exact) mass is 159 g/mol. The summed E-state index contributed by atoms with van der Waals surface area (Å²) in [6, 6.07) is 0. The third-order valence-electron chi connectivity index (χ3n) is 0.183. The van der Waals surface area contributed by atoms with Gasteiger partial charge in [-0.3, -0.25) is 0 Å². The van der Waals surface area contributed by atoms with Gasteiger partial charge in [-0.1, -0.05) is 0 Å². The van der Waals surface area contributed by atoms with Crippen LogP contribution in [0.5, 0.6) is 0 Å². The minimum absolute atomic E-state index is 0. The van der Waals surface area contributed by atoms with Crippen LogP contribution in [0.15, 0.2) is 0 Å². The van der Waals surface area contributed by atoms with Gasteiger partial charge in [0, 0.05) is 18.9 Å². The largest absolute Gasteiger partial charge is 0.631 e. The minimum Gasteiger partial charge on any atom is -0.473 e. The predicted octanol–water partition coefficient (Wildman–Crippen LogP) is -3.28. The Balaban J connectivity index is -0.000000114. The van der Waals surface area contributed by atoms with Gasteiger partial charge in [0.2, 0.25) is 0 Å². The fraction of sp³-hybridized carbons (Fsp3) is 0. The van der Waals surface area contributed by atoms with Gasteiger partial charge in [-0.2, -0.15) is 0 Å². The molecule has 0 bridgehead atoms. The number of carboxylic acid groups (broad SMARTS) is 2. The van der Waals surface area contributed by atoms with E-state index in [0.29, 0.717) is 0 Å². The molecule has 9 heteroatoms. The second-order valence-electron chi connectivity index (χ2n) is 0.957. The molecule has 0 aromatic heterocycles. The number of carboxylic acids is 2. The van der Waals surface area contributed by atoms with Gasteiger partial charge in [0.05, 0.1) is 0 Å². The number of rotatable bonds is 0. The Kier molecular flexibility index (Phi) is 14.5. The van der Waals surface area contributed by atoms with Crippen molar-refractivity contribution in [3.8, 4) is 0 Å². The van der Waals surface area contributed by atoms with E-state index in [2.05, 4.69) is 0 Å². The molecule has 0 aliphatic rings. The van der Waals surface area contributed by atoms with Crippen molar-refractivity contribution < 1.29 is 34.9 Å². The molecule has 1 radical (unpaired) electrons. The van der Waals surface area contributed by atoms with Crippen LogP contribution in [0.2, 0.25) is 0 Å². The fourth-order valence-electron chi connectivity index (χ4n) is 0. The van der Waals surface area contributed by atoms with Crippen LogP contribution in [-0.2, 0) is 9.59 Å². The summed E-state index contributed by atoms with van der Waals surface area (Å²) in [5.41, 5.74) is 0. The molecule has 0 spiro atoms. The number of hydrogen-bond donors (Lipinski definition) is 5. The Hall–Kier alpha value is -0.518. The van der Waals surface area contributed by atoms with E-state index in [1.807, 2.05) is 0 Å². The van der Waals surface area contributed by atoms with Gasteiger partial charge in [-0.25, -0.2) is 9.59 Å². The molecule has 0 aromatic carbocycles. The molecule has 0 heterocycles. The van der Waals surface area contributed by atoms with Crippen molar-refractivity contribution in [3.63, 3.8) is 0 Å². The van der Waals surface area contributed by atoms with Crippen molar-refractivity contribution >= 4 is 38.1 Å². The maximum atomic E-state index is 9.10. The normalized spacial score (nSPS) is 6.45. The minimum atomic E-state index is -2.17. The zero-order chi connectivity index (χ0) is 8.73. The summed E-state index contributed by atoms with van der Waals surface area (Å²) in [6.45, 7) is 0. The molecule has 0 aliphatic heterocycles. The molecule has 0 amide bonds. The van der Waals surface area contributed by atoms with E-state index in [9.17, 15) is 0 Å². The molecule has 59 valence electrons. The molecular formula is C2H5BLiO7. The summed E-state index contributed by atoms with van der Waals surface area (Å²) in [5.74, 6) is -3.65. The first-order valence-electron chi connectivity index (χ1n) is 1.88. The summed E-state index contributed by atoms with van der Waals surface area (Å²) in [7, 11) is -2.17. The third kappa shape index (κ3) is 43.8. The Morgan fingerprint density at radius 3 is 1.00 bits per heavy atom. The van der Waals surface area contributed by atoms with Crippen LogP contribution in [0.3, 0.4) is 0 Å². The van der Waals surface area contributed by atoms with Gasteiger partial charge in [0.1, 0.15) is 0 Å². The van der Waals surface area contributed by atoms with E-state index in [4.69, 9.17) is 34.9 Å². The van der Waals surface area contributed by atoms with E-state index < -0.39 is 19.3 Å². The predicted molar refractivity (Wildman–Crippen MR) is 33.4 cm³/mol. The van der Waals surface area contributed by atoms with Crippen molar-refractivity contribution in [3.05, 3.63) is 0 Å². The van der Waals surface area contributed by atoms with Crippen LogP contribution >= 0.6 is 0 Å². The molecule has 0 saturated carbocycles. The summed E-state index contributed by atoms with van der Waals surface area (Å²) in [6.07, 6.45) is 0. The van der Waals surface area contributed by atoms with Crippen LogP contribution in [0.25, 0.3) is 0 Å². The van der Waals surface area contributed by atoms with E-state index in [0.717, 1.165) is 0 Å². The van der Waals surface area contributed by atoms with Gasteiger partial charge < -0.3 is 25.3 Å². The summed E-state index contributed by atoms with van der Waals surface area (Å²) in [5, 5.41) is 36.3. The zero-order valence-corrected chi connectivity index (χ0v) is 5.63. The molecular weight excluding hydrogens is 154 g/mol. The first-order chi connectivity index (χ1) is 4.37. The third-order valence-corrected chi connectivity index (χ3v) is 0.183. The standard InChI is InChI=1S/C2H2O4.BH3O3.Li/c3-1(4)2(5)6;2-1(3)4;/h(H,3,4)(H,5,6);2-4H;. The average molecular weight is 159 g/mol. The van der Waals surface area contributed by atoms with E-state index >= 15 is 0 Å². The Labute approximate surface area is 73.6 Å². The van der Waals surface area contributed by atoms with E-state index in [1.165, 1.54) is 0 Å². The first-order valence-corrected chi connectivity index (χ1v) is 1.88. The fourth-order valence-corrected chi connectivity index (χ4v) is 0. The van der Waals surface area contributed by atoms with E-state index in [-0.39, 0.29) is 18.9 Å². The Bertz CT molecular complexity index is 109. The van der Waals surface area contributed by atoms with Crippen LogP contribution in [-0.4, -0.2) is 63.4 Å². The van der Waals surface area contributed by atoms with Crippen molar-refractivity contribution in [1.29, 1.82) is 0 Å². The quantitative estimate of drug-likeness (QED) is 0.184. The van der Waals surface area contributed by atoms with Gasteiger partial charge in [-0.05, 0) is 0 Å². The molecule has 0 unspecified atom stereocenters. The van der Waals surface area contributed by atoms with Crippen molar-refractivity contribution in [2.45, 2.75) is 0 Å². The maximum absolute atomic E-state index is 9.10. The molecule has 5 N–H and O–H groups in total. The molecule has 0 fully saturated rings. The van der Waals surface area contributed by atoms with Crippen molar-refractivity contribution in [2.24, 2.45) is 0 Å². The Morgan fingerprint density at radius 2 is 1.00 bits per heavy atom. The summed E-state index contributed by atoms with van der Waals surface area (Å²) >= 11 is 0. The van der Waals surface area contributed by atoms with Gasteiger partial charge in [0.25, 0.3) is 0 Å².